The largest absolute Gasteiger partial charge is 0.465 e. The summed E-state index contributed by atoms with van der Waals surface area (Å²) in [5, 5.41) is 0. The van der Waals surface area contributed by atoms with Crippen molar-refractivity contribution in [3.63, 3.8) is 0 Å². The van der Waals surface area contributed by atoms with Gasteiger partial charge in [-0.1, -0.05) is 27.6 Å². The molecule has 0 unspecified atom stereocenters. The number of nitrogens with two attached hydrogens (primary N) is 1. The summed E-state index contributed by atoms with van der Waals surface area (Å²) in [7, 11) is 1.36. The molecule has 0 aliphatic rings. The van der Waals surface area contributed by atoms with Crippen molar-refractivity contribution in [2.45, 2.75) is 13.8 Å². The van der Waals surface area contributed by atoms with Gasteiger partial charge in [0.1, 0.15) is 4.88 Å². The molecule has 0 fully saturated rings. The standard InChI is InChI=1S/C14H14BrNO2S/c1-7-4-5-10(15)9(6-7)12-8(2)11(16)13(19-12)14(17)18-3/h4-6H,16H2,1-3H3. The number of aryl methyl sites for hydroxylation is 1. The number of nitrogen functional groups attached to an aromatic ring is 1. The van der Waals surface area contributed by atoms with E-state index in [0.29, 0.717) is 10.6 Å². The fourth-order valence-corrected chi connectivity index (χ4v) is 3.59. The summed E-state index contributed by atoms with van der Waals surface area (Å²) in [6.45, 7) is 3.95. The molecule has 2 N–H and O–H groups in total. The normalized spacial score (nSPS) is 10.5. The molecule has 0 bridgehead atoms. The first-order valence-corrected chi connectivity index (χ1v) is 7.30. The van der Waals surface area contributed by atoms with E-state index in [2.05, 4.69) is 22.0 Å². The van der Waals surface area contributed by atoms with Crippen LogP contribution in [-0.4, -0.2) is 13.1 Å². The van der Waals surface area contributed by atoms with Gasteiger partial charge in [-0.3, -0.25) is 0 Å². The second-order valence-electron chi connectivity index (χ2n) is 4.27. The van der Waals surface area contributed by atoms with Gasteiger partial charge in [0.15, 0.2) is 0 Å². The summed E-state index contributed by atoms with van der Waals surface area (Å²) in [5.74, 6) is -0.388. The number of rotatable bonds is 2. The number of halogens is 1. The highest BCUT2D eigenvalue weighted by Crippen LogP contribution is 2.41. The molecular weight excluding hydrogens is 326 g/mol. The minimum Gasteiger partial charge on any atom is -0.465 e. The average molecular weight is 340 g/mol. The molecule has 100 valence electrons. The molecule has 19 heavy (non-hydrogen) atoms. The summed E-state index contributed by atoms with van der Waals surface area (Å²) in [4.78, 5) is 13.1. The number of esters is 1. The number of hydrogen-bond donors (Lipinski definition) is 1. The van der Waals surface area contributed by atoms with Gasteiger partial charge in [0.05, 0.1) is 12.8 Å². The van der Waals surface area contributed by atoms with Crippen molar-refractivity contribution >= 4 is 38.9 Å². The summed E-state index contributed by atoms with van der Waals surface area (Å²) >= 11 is 4.90. The minimum absolute atomic E-state index is 0.388. The van der Waals surface area contributed by atoms with Crippen LogP contribution in [-0.2, 0) is 4.74 Å². The van der Waals surface area contributed by atoms with Crippen molar-refractivity contribution in [3.8, 4) is 10.4 Å². The fraction of sp³-hybridized carbons (Fsp3) is 0.214. The van der Waals surface area contributed by atoms with Gasteiger partial charge in [-0.05, 0) is 31.5 Å². The van der Waals surface area contributed by atoms with E-state index in [9.17, 15) is 4.79 Å². The van der Waals surface area contributed by atoms with Crippen LogP contribution in [0.1, 0.15) is 20.8 Å². The van der Waals surface area contributed by atoms with Crippen molar-refractivity contribution < 1.29 is 9.53 Å². The highest BCUT2D eigenvalue weighted by atomic mass is 79.9. The quantitative estimate of drug-likeness (QED) is 0.835. The van der Waals surface area contributed by atoms with Crippen LogP contribution in [0.4, 0.5) is 5.69 Å². The first kappa shape index (κ1) is 14.1. The van der Waals surface area contributed by atoms with Gasteiger partial charge in [0, 0.05) is 14.9 Å². The molecule has 0 radical (unpaired) electrons. The van der Waals surface area contributed by atoms with E-state index >= 15 is 0 Å². The van der Waals surface area contributed by atoms with E-state index in [1.807, 2.05) is 26.0 Å². The minimum atomic E-state index is -0.388. The van der Waals surface area contributed by atoms with Crippen LogP contribution >= 0.6 is 27.3 Å². The maximum Gasteiger partial charge on any atom is 0.350 e. The van der Waals surface area contributed by atoms with Crippen molar-refractivity contribution in [1.29, 1.82) is 0 Å². The Bertz CT molecular complexity index is 649. The monoisotopic (exact) mass is 339 g/mol. The van der Waals surface area contributed by atoms with Crippen molar-refractivity contribution in [2.75, 3.05) is 12.8 Å². The molecule has 1 aromatic heterocycles. The van der Waals surface area contributed by atoms with Crippen LogP contribution in [0.5, 0.6) is 0 Å². The third-order valence-corrected chi connectivity index (χ3v) is 4.94. The van der Waals surface area contributed by atoms with Gasteiger partial charge in [0.2, 0.25) is 0 Å². The third-order valence-electron chi connectivity index (χ3n) is 2.93. The Morgan fingerprint density at radius 3 is 2.68 bits per heavy atom. The van der Waals surface area contributed by atoms with Gasteiger partial charge >= 0.3 is 5.97 Å². The molecule has 0 aliphatic carbocycles. The molecule has 0 saturated heterocycles. The van der Waals surface area contributed by atoms with Gasteiger partial charge in [-0.2, -0.15) is 0 Å². The van der Waals surface area contributed by atoms with Gasteiger partial charge in [-0.25, -0.2) is 4.79 Å². The van der Waals surface area contributed by atoms with E-state index in [0.717, 1.165) is 26.0 Å². The molecule has 1 heterocycles. The lowest BCUT2D eigenvalue weighted by atomic mass is 10.1. The number of carbonyl (C=O) groups is 1. The van der Waals surface area contributed by atoms with Gasteiger partial charge in [0.25, 0.3) is 0 Å². The molecular formula is C14H14BrNO2S. The molecule has 2 aromatic rings. The topological polar surface area (TPSA) is 52.3 Å². The zero-order chi connectivity index (χ0) is 14.2. The number of hydrogen-bond acceptors (Lipinski definition) is 4. The predicted molar refractivity (Wildman–Crippen MR) is 82.7 cm³/mol. The van der Waals surface area contributed by atoms with Crippen LogP contribution in [0.3, 0.4) is 0 Å². The number of benzene rings is 1. The lowest BCUT2D eigenvalue weighted by molar-refractivity contribution is 0.0607. The highest BCUT2D eigenvalue weighted by molar-refractivity contribution is 9.10. The Balaban J connectivity index is 2.63. The number of methoxy groups -OCH3 is 1. The lowest BCUT2D eigenvalue weighted by Gasteiger charge is -2.05. The zero-order valence-electron chi connectivity index (χ0n) is 10.9. The van der Waals surface area contributed by atoms with Crippen LogP contribution in [0, 0.1) is 13.8 Å². The smallest absolute Gasteiger partial charge is 0.350 e. The highest BCUT2D eigenvalue weighted by Gasteiger charge is 2.20. The van der Waals surface area contributed by atoms with E-state index in [1.165, 1.54) is 18.4 Å². The fourth-order valence-electron chi connectivity index (χ4n) is 1.84. The zero-order valence-corrected chi connectivity index (χ0v) is 13.3. The van der Waals surface area contributed by atoms with Crippen molar-refractivity contribution in [3.05, 3.63) is 38.7 Å². The molecule has 5 heteroatoms. The van der Waals surface area contributed by atoms with E-state index in [1.54, 1.807) is 0 Å². The predicted octanol–water partition coefficient (Wildman–Crippen LogP) is 4.16. The maximum absolute atomic E-state index is 11.7. The summed E-state index contributed by atoms with van der Waals surface area (Å²) in [6, 6.07) is 6.10. The van der Waals surface area contributed by atoms with Gasteiger partial charge < -0.3 is 10.5 Å². The van der Waals surface area contributed by atoms with Crippen LogP contribution in [0.25, 0.3) is 10.4 Å². The lowest BCUT2D eigenvalue weighted by Crippen LogP contribution is -2.01. The average Bonchev–Trinajstić information content (AvgIpc) is 2.69. The Morgan fingerprint density at radius 2 is 2.05 bits per heavy atom. The molecule has 2 rings (SSSR count). The summed E-state index contributed by atoms with van der Waals surface area (Å²) in [6.07, 6.45) is 0. The van der Waals surface area contributed by atoms with Gasteiger partial charge in [-0.15, -0.1) is 11.3 Å². The van der Waals surface area contributed by atoms with E-state index in [-0.39, 0.29) is 5.97 Å². The molecule has 1 aromatic carbocycles. The maximum atomic E-state index is 11.7. The Hall–Kier alpha value is -1.33. The number of carbonyl (C=O) groups excluding carboxylic acids is 1. The third kappa shape index (κ3) is 2.53. The Kier molecular flexibility index (Phi) is 3.96. The first-order chi connectivity index (χ1) is 8.95. The second kappa shape index (κ2) is 5.35. The number of ether oxygens (including phenoxy) is 1. The van der Waals surface area contributed by atoms with E-state index in [4.69, 9.17) is 10.5 Å². The van der Waals surface area contributed by atoms with E-state index < -0.39 is 0 Å². The summed E-state index contributed by atoms with van der Waals surface area (Å²) in [5.41, 5.74) is 9.62. The molecule has 0 saturated carbocycles. The molecule has 0 atom stereocenters. The molecule has 0 aliphatic heterocycles. The number of thiophene rings is 1. The first-order valence-electron chi connectivity index (χ1n) is 5.69. The van der Waals surface area contributed by atoms with Crippen molar-refractivity contribution in [1.82, 2.24) is 0 Å². The molecule has 0 spiro atoms. The number of anilines is 1. The Labute approximate surface area is 124 Å². The van der Waals surface area contributed by atoms with Crippen LogP contribution < -0.4 is 5.73 Å². The Morgan fingerprint density at radius 1 is 1.37 bits per heavy atom. The van der Waals surface area contributed by atoms with Crippen LogP contribution in [0.2, 0.25) is 0 Å². The SMILES string of the molecule is COC(=O)c1sc(-c2cc(C)ccc2Br)c(C)c1N. The molecule has 3 nitrogen and oxygen atoms in total. The van der Waals surface area contributed by atoms with Crippen molar-refractivity contribution in [2.24, 2.45) is 0 Å². The van der Waals surface area contributed by atoms with Crippen LogP contribution in [0.15, 0.2) is 22.7 Å². The summed E-state index contributed by atoms with van der Waals surface area (Å²) < 4.78 is 5.74. The second-order valence-corrected chi connectivity index (χ2v) is 6.15. The molecule has 0 amide bonds.